The Morgan fingerprint density at radius 3 is 2.00 bits per heavy atom. The molecule has 1 saturated heterocycles. The highest BCUT2D eigenvalue weighted by molar-refractivity contribution is 4.99. The molecule has 0 aromatic rings. The molecule has 90 valence electrons. The van der Waals surface area contributed by atoms with Gasteiger partial charge in [0.2, 0.25) is 0 Å². The lowest BCUT2D eigenvalue weighted by molar-refractivity contribution is -0.190. The van der Waals surface area contributed by atoms with E-state index in [-0.39, 0.29) is 32.7 Å². The molecule has 1 aliphatic rings. The summed E-state index contributed by atoms with van der Waals surface area (Å²) in [6.45, 7) is 0.383. The lowest BCUT2D eigenvalue weighted by Crippen LogP contribution is -2.64. The van der Waals surface area contributed by atoms with E-state index < -0.39 is 17.8 Å². The van der Waals surface area contributed by atoms with Gasteiger partial charge >= 0.3 is 0 Å². The van der Waals surface area contributed by atoms with Crippen molar-refractivity contribution in [2.45, 2.75) is 24.2 Å². The first-order valence-corrected chi connectivity index (χ1v) is 5.07. The molecular formula is C9H19NO5. The Labute approximate surface area is 88.4 Å². The number of aliphatic hydroxyl groups is 5. The summed E-state index contributed by atoms with van der Waals surface area (Å²) < 4.78 is 0. The third kappa shape index (κ3) is 2.66. The molecule has 5 N–H and O–H groups in total. The van der Waals surface area contributed by atoms with E-state index in [4.69, 9.17) is 10.2 Å². The molecule has 1 aliphatic heterocycles. The average Bonchev–Trinajstić information content (AvgIpc) is 2.16. The topological polar surface area (TPSA) is 104 Å². The summed E-state index contributed by atoms with van der Waals surface area (Å²) in [5.74, 6) is 0. The first kappa shape index (κ1) is 12.8. The monoisotopic (exact) mass is 221 g/mol. The lowest BCUT2D eigenvalue weighted by atomic mass is 9.83. The Morgan fingerprint density at radius 1 is 1.07 bits per heavy atom. The van der Waals surface area contributed by atoms with Crippen molar-refractivity contribution in [1.29, 1.82) is 0 Å². The molecule has 0 bridgehead atoms. The number of aliphatic hydroxyl groups excluding tert-OH is 4. The van der Waals surface area contributed by atoms with Gasteiger partial charge in [-0.1, -0.05) is 0 Å². The van der Waals surface area contributed by atoms with Crippen LogP contribution in [0, 0.1) is 0 Å². The summed E-state index contributed by atoms with van der Waals surface area (Å²) in [6, 6.07) is 0. The first-order valence-electron chi connectivity index (χ1n) is 5.07. The number of hydrogen-bond acceptors (Lipinski definition) is 6. The van der Waals surface area contributed by atoms with Gasteiger partial charge in [0.05, 0.1) is 18.8 Å². The van der Waals surface area contributed by atoms with Crippen LogP contribution in [0.15, 0.2) is 0 Å². The van der Waals surface area contributed by atoms with Crippen LogP contribution in [0.3, 0.4) is 0 Å². The Hall–Kier alpha value is -0.240. The van der Waals surface area contributed by atoms with E-state index in [2.05, 4.69) is 0 Å². The molecule has 0 aromatic carbocycles. The van der Waals surface area contributed by atoms with E-state index in [9.17, 15) is 15.3 Å². The van der Waals surface area contributed by atoms with Gasteiger partial charge in [-0.3, -0.25) is 4.90 Å². The van der Waals surface area contributed by atoms with Crippen LogP contribution in [0.2, 0.25) is 0 Å². The molecule has 1 heterocycles. The Balaban J connectivity index is 2.63. The molecule has 1 unspecified atom stereocenters. The Kier molecular flexibility index (Phi) is 4.45. The minimum atomic E-state index is -1.64. The molecule has 3 atom stereocenters. The van der Waals surface area contributed by atoms with Gasteiger partial charge in [0.15, 0.2) is 0 Å². The number of likely N-dealkylation sites (tertiary alicyclic amines) is 1. The highest BCUT2D eigenvalue weighted by atomic mass is 16.4. The molecule has 6 nitrogen and oxygen atoms in total. The fraction of sp³-hybridized carbons (Fsp3) is 1.00. The molecule has 0 aliphatic carbocycles. The van der Waals surface area contributed by atoms with Gasteiger partial charge in [-0.05, 0) is 0 Å². The van der Waals surface area contributed by atoms with Gasteiger partial charge < -0.3 is 25.5 Å². The summed E-state index contributed by atoms with van der Waals surface area (Å²) in [6.07, 6.45) is -2.28. The van der Waals surface area contributed by atoms with Crippen LogP contribution in [0.1, 0.15) is 6.42 Å². The van der Waals surface area contributed by atoms with E-state index in [1.54, 1.807) is 4.90 Å². The summed E-state index contributed by atoms with van der Waals surface area (Å²) in [4.78, 5) is 1.67. The van der Waals surface area contributed by atoms with Crippen LogP contribution in [-0.2, 0) is 0 Å². The molecule has 0 aromatic heterocycles. The normalized spacial score (nSPS) is 38.2. The molecule has 15 heavy (non-hydrogen) atoms. The van der Waals surface area contributed by atoms with E-state index in [1.807, 2.05) is 0 Å². The fourth-order valence-corrected chi connectivity index (χ4v) is 1.94. The maximum atomic E-state index is 9.95. The maximum absolute atomic E-state index is 9.95. The van der Waals surface area contributed by atoms with Crippen LogP contribution in [-0.4, -0.2) is 81.1 Å². The van der Waals surface area contributed by atoms with Crippen molar-refractivity contribution in [3.05, 3.63) is 0 Å². The maximum Gasteiger partial charge on any atom is 0.121 e. The number of β-amino-alcohol motifs (C(OH)–C–C–N with tert-alkyl or cyclic N) is 3. The summed E-state index contributed by atoms with van der Waals surface area (Å²) in [5.41, 5.74) is -1.64. The standard InChI is InChI=1S/C9H19NO5/c11-3-1-9(15)7(13)5-10(2-4-12)6-8(9)14/h7-8,11-15H,1-6H2/t7-,8+,9?. The number of rotatable bonds is 4. The zero-order valence-electron chi connectivity index (χ0n) is 8.58. The average molecular weight is 221 g/mol. The molecule has 1 rings (SSSR count). The lowest BCUT2D eigenvalue weighted by Gasteiger charge is -2.45. The smallest absolute Gasteiger partial charge is 0.121 e. The molecule has 0 radical (unpaired) electrons. The van der Waals surface area contributed by atoms with Crippen molar-refractivity contribution in [3.63, 3.8) is 0 Å². The Morgan fingerprint density at radius 2 is 1.60 bits per heavy atom. The van der Waals surface area contributed by atoms with Crippen LogP contribution in [0.4, 0.5) is 0 Å². The Bertz CT molecular complexity index is 189. The fourth-order valence-electron chi connectivity index (χ4n) is 1.94. The zero-order chi connectivity index (χ0) is 11.5. The van der Waals surface area contributed by atoms with Crippen LogP contribution in [0.5, 0.6) is 0 Å². The van der Waals surface area contributed by atoms with Gasteiger partial charge in [0.25, 0.3) is 0 Å². The largest absolute Gasteiger partial charge is 0.396 e. The van der Waals surface area contributed by atoms with Crippen molar-refractivity contribution in [3.8, 4) is 0 Å². The van der Waals surface area contributed by atoms with Gasteiger partial charge in [0.1, 0.15) is 5.60 Å². The van der Waals surface area contributed by atoms with Gasteiger partial charge in [-0.15, -0.1) is 0 Å². The van der Waals surface area contributed by atoms with Crippen molar-refractivity contribution in [2.24, 2.45) is 0 Å². The van der Waals surface area contributed by atoms with Crippen molar-refractivity contribution >= 4 is 0 Å². The minimum absolute atomic E-state index is 0.0533. The van der Waals surface area contributed by atoms with Crippen LogP contribution < -0.4 is 0 Å². The molecule has 0 spiro atoms. The third-order valence-corrected chi connectivity index (χ3v) is 2.94. The second-order valence-corrected chi connectivity index (χ2v) is 3.98. The minimum Gasteiger partial charge on any atom is -0.396 e. The summed E-state index contributed by atoms with van der Waals surface area (Å²) in [5, 5.41) is 46.8. The quantitative estimate of drug-likeness (QED) is 0.349. The third-order valence-electron chi connectivity index (χ3n) is 2.94. The second-order valence-electron chi connectivity index (χ2n) is 3.98. The van der Waals surface area contributed by atoms with Gasteiger partial charge in [-0.2, -0.15) is 0 Å². The van der Waals surface area contributed by atoms with Crippen LogP contribution in [0.25, 0.3) is 0 Å². The highest BCUT2D eigenvalue weighted by Crippen LogP contribution is 2.26. The van der Waals surface area contributed by atoms with Crippen LogP contribution >= 0.6 is 0 Å². The van der Waals surface area contributed by atoms with E-state index >= 15 is 0 Å². The SMILES string of the molecule is OCCN1C[C@@H](O)C(O)(CCO)[C@@H](O)C1. The first-order chi connectivity index (χ1) is 7.04. The number of nitrogens with zero attached hydrogens (tertiary/aromatic N) is 1. The van der Waals surface area contributed by atoms with E-state index in [0.29, 0.717) is 6.54 Å². The van der Waals surface area contributed by atoms with Crippen molar-refractivity contribution < 1.29 is 25.5 Å². The molecule has 1 fully saturated rings. The van der Waals surface area contributed by atoms with E-state index in [0.717, 1.165) is 0 Å². The predicted molar refractivity (Wildman–Crippen MR) is 52.2 cm³/mol. The summed E-state index contributed by atoms with van der Waals surface area (Å²) in [7, 11) is 0. The van der Waals surface area contributed by atoms with Gasteiger partial charge in [0, 0.05) is 32.7 Å². The molecule has 0 amide bonds. The highest BCUT2D eigenvalue weighted by Gasteiger charge is 2.46. The predicted octanol–water partition coefficient (Wildman–Crippen LogP) is -2.87. The zero-order valence-corrected chi connectivity index (χ0v) is 8.58. The van der Waals surface area contributed by atoms with Crippen molar-refractivity contribution in [2.75, 3.05) is 32.8 Å². The molecular weight excluding hydrogens is 202 g/mol. The second kappa shape index (κ2) is 5.20. The molecule has 6 heteroatoms. The molecule has 0 saturated carbocycles. The summed E-state index contributed by atoms with van der Waals surface area (Å²) >= 11 is 0. The number of hydrogen-bond donors (Lipinski definition) is 5. The van der Waals surface area contributed by atoms with Gasteiger partial charge in [-0.25, -0.2) is 0 Å². The van der Waals surface area contributed by atoms with E-state index in [1.165, 1.54) is 0 Å². The number of piperidine rings is 1. The van der Waals surface area contributed by atoms with Crippen molar-refractivity contribution in [1.82, 2.24) is 4.90 Å².